The minimum absolute atomic E-state index is 0.624. The van der Waals surface area contributed by atoms with E-state index in [0.29, 0.717) is 0 Å². The number of carbonyl (C=O) groups is 3. The van der Waals surface area contributed by atoms with Gasteiger partial charge in [-0.3, -0.25) is 14.4 Å². The monoisotopic (exact) mass is 533 g/mol. The van der Waals surface area contributed by atoms with Crippen LogP contribution < -0.4 is 14.9 Å². The standard InChI is InChI=1S/C9H3F16N3O3Si/c10-4(11,12)1(29)26-32(27-2(30)5(13,14)15,28-3(31)6(16,17)18)9(24,25)7(19,20)8(21,22)23/h(H,26,29)(H,27,30)(H,28,31). The maximum atomic E-state index is 14.1. The molecule has 0 aromatic rings. The molecule has 0 bridgehead atoms. The summed E-state index contributed by atoms with van der Waals surface area (Å²) in [5.74, 6) is -20.2. The zero-order valence-electron chi connectivity index (χ0n) is 13.8. The van der Waals surface area contributed by atoms with Crippen LogP contribution in [0, 0.1) is 0 Å². The maximum absolute atomic E-state index is 14.1. The first-order chi connectivity index (χ1) is 13.6. The van der Waals surface area contributed by atoms with Crippen molar-refractivity contribution in [3.63, 3.8) is 0 Å². The molecule has 0 rings (SSSR count). The van der Waals surface area contributed by atoms with Gasteiger partial charge >= 0.3 is 62.5 Å². The van der Waals surface area contributed by atoms with Crippen molar-refractivity contribution in [3.8, 4) is 0 Å². The Labute approximate surface area is 163 Å². The topological polar surface area (TPSA) is 87.3 Å². The molecule has 3 N–H and O–H groups in total. The highest BCUT2D eigenvalue weighted by Gasteiger charge is 2.84. The number of carbonyl (C=O) groups excluding carboxylic acids is 3. The Bertz CT molecular complexity index is 682. The fraction of sp³-hybridized carbons (Fsp3) is 0.667. The van der Waals surface area contributed by atoms with E-state index in [9.17, 15) is 84.6 Å². The lowest BCUT2D eigenvalue weighted by molar-refractivity contribution is -0.336. The first-order valence-electron chi connectivity index (χ1n) is 6.64. The molecule has 32 heavy (non-hydrogen) atoms. The normalized spacial score (nSPS) is 14.6. The van der Waals surface area contributed by atoms with Gasteiger partial charge in [0.2, 0.25) is 0 Å². The van der Waals surface area contributed by atoms with Crippen LogP contribution in [-0.2, 0) is 14.4 Å². The minimum atomic E-state index is -8.55. The van der Waals surface area contributed by atoms with Crippen molar-refractivity contribution in [3.05, 3.63) is 0 Å². The number of nitrogens with one attached hydrogen (secondary N) is 3. The number of amides is 3. The first-order valence-corrected chi connectivity index (χ1v) is 8.64. The van der Waals surface area contributed by atoms with Crippen LogP contribution in [0.2, 0.25) is 0 Å². The van der Waals surface area contributed by atoms with E-state index < -0.39 is 77.4 Å². The van der Waals surface area contributed by atoms with E-state index in [1.165, 1.54) is 0 Å². The van der Waals surface area contributed by atoms with E-state index in [2.05, 4.69) is 0 Å². The molecule has 3 amide bonds. The summed E-state index contributed by atoms with van der Waals surface area (Å²) in [7, 11) is -8.55. The average molecular weight is 533 g/mol. The second-order valence-electron chi connectivity index (χ2n) is 5.25. The van der Waals surface area contributed by atoms with Gasteiger partial charge in [0.1, 0.15) is 0 Å². The van der Waals surface area contributed by atoms with Crippen LogP contribution in [0.5, 0.6) is 0 Å². The molecule has 23 heteroatoms. The second-order valence-corrected chi connectivity index (χ2v) is 8.13. The third kappa shape index (κ3) is 5.84. The lowest BCUT2D eigenvalue weighted by Gasteiger charge is -2.41. The highest BCUT2D eigenvalue weighted by molar-refractivity contribution is 6.81. The fourth-order valence-electron chi connectivity index (χ4n) is 1.47. The van der Waals surface area contributed by atoms with Gasteiger partial charge in [-0.2, -0.15) is 70.2 Å². The molecule has 188 valence electrons. The number of halogens is 16. The maximum Gasteiger partial charge on any atom is 0.470 e. The van der Waals surface area contributed by atoms with Crippen LogP contribution in [0.15, 0.2) is 0 Å². The molecule has 0 saturated heterocycles. The van der Waals surface area contributed by atoms with Crippen molar-refractivity contribution < 1.29 is 84.6 Å². The molecule has 0 unspecified atom stereocenters. The predicted octanol–water partition coefficient (Wildman–Crippen LogP) is 2.33. The molecule has 0 atom stereocenters. The van der Waals surface area contributed by atoms with Gasteiger partial charge in [-0.1, -0.05) is 0 Å². The van der Waals surface area contributed by atoms with E-state index in [4.69, 9.17) is 0 Å². The lowest BCUT2D eigenvalue weighted by Crippen LogP contribution is -2.89. The van der Waals surface area contributed by atoms with Gasteiger partial charge in [0, 0.05) is 0 Å². The highest BCUT2D eigenvalue weighted by atomic mass is 28.4. The van der Waals surface area contributed by atoms with E-state index in [1.54, 1.807) is 0 Å². The summed E-state index contributed by atoms with van der Waals surface area (Å²) < 4.78 is 203. The van der Waals surface area contributed by atoms with Crippen LogP contribution in [0.4, 0.5) is 70.2 Å². The van der Waals surface area contributed by atoms with Crippen LogP contribution in [0.1, 0.15) is 0 Å². The van der Waals surface area contributed by atoms with Gasteiger partial charge in [-0.25, -0.2) is 0 Å². The summed E-state index contributed by atoms with van der Waals surface area (Å²) in [6, 6.07) is 0. The van der Waals surface area contributed by atoms with Crippen LogP contribution in [-0.4, -0.2) is 62.5 Å². The summed E-state index contributed by atoms with van der Waals surface area (Å²) in [6.07, 6.45) is -27.5. The molecule has 0 heterocycles. The van der Waals surface area contributed by atoms with Gasteiger partial charge in [0.25, 0.3) is 0 Å². The Kier molecular flexibility index (Phi) is 7.50. The molecular weight excluding hydrogens is 530 g/mol. The molecule has 0 saturated carbocycles. The van der Waals surface area contributed by atoms with Gasteiger partial charge < -0.3 is 14.9 Å². The average Bonchev–Trinajstić information content (AvgIpc) is 2.50. The fourth-order valence-corrected chi connectivity index (χ4v) is 4.18. The van der Waals surface area contributed by atoms with E-state index in [0.717, 1.165) is 0 Å². The first kappa shape index (κ1) is 29.5. The minimum Gasteiger partial charge on any atom is -0.336 e. The SMILES string of the molecule is O=C(N[Si](NC(=O)C(F)(F)F)(NC(=O)C(F)(F)F)C(F)(F)C(F)(F)C(F)(F)F)C(F)(F)F. The van der Waals surface area contributed by atoms with Crippen molar-refractivity contribution in [2.45, 2.75) is 36.2 Å². The van der Waals surface area contributed by atoms with Gasteiger partial charge in [-0.15, -0.1) is 0 Å². The molecule has 0 aromatic heterocycles. The Balaban J connectivity index is 7.22. The van der Waals surface area contributed by atoms with Gasteiger partial charge in [-0.05, 0) is 0 Å². The molecular formula is C9H3F16N3O3Si. The quantitative estimate of drug-likeness (QED) is 0.375. The number of alkyl halides is 16. The molecule has 0 aromatic carbocycles. The molecule has 0 radical (unpaired) electrons. The van der Waals surface area contributed by atoms with Crippen LogP contribution in [0.3, 0.4) is 0 Å². The van der Waals surface area contributed by atoms with Crippen molar-refractivity contribution >= 4 is 26.3 Å². The van der Waals surface area contributed by atoms with E-state index in [1.807, 2.05) is 0 Å². The Hall–Kier alpha value is -2.49. The summed E-state index contributed by atoms with van der Waals surface area (Å²) in [5.41, 5.74) is -7.62. The lowest BCUT2D eigenvalue weighted by atomic mass is 10.3. The third-order valence-corrected chi connectivity index (χ3v) is 5.96. The Morgan fingerprint density at radius 2 is 0.688 bits per heavy atom. The third-order valence-electron chi connectivity index (χ3n) is 2.90. The van der Waals surface area contributed by atoms with Crippen molar-refractivity contribution in [1.29, 1.82) is 0 Å². The molecule has 0 fully saturated rings. The van der Waals surface area contributed by atoms with E-state index in [-0.39, 0.29) is 0 Å². The van der Waals surface area contributed by atoms with Gasteiger partial charge in [0.15, 0.2) is 0 Å². The summed E-state index contributed by atoms with van der Waals surface area (Å²) in [4.78, 5) is 30.6. The van der Waals surface area contributed by atoms with Crippen molar-refractivity contribution in [1.82, 2.24) is 14.9 Å². The summed E-state index contributed by atoms with van der Waals surface area (Å²) in [6.45, 7) is 0. The Morgan fingerprint density at radius 3 is 0.844 bits per heavy atom. The number of hydrogen-bond donors (Lipinski definition) is 3. The zero-order chi connectivity index (χ0) is 26.4. The van der Waals surface area contributed by atoms with Crippen LogP contribution in [0.25, 0.3) is 0 Å². The van der Waals surface area contributed by atoms with Crippen LogP contribution >= 0.6 is 0 Å². The molecule has 0 aliphatic carbocycles. The van der Waals surface area contributed by atoms with Gasteiger partial charge in [0.05, 0.1) is 0 Å². The number of rotatable bonds is 5. The summed E-state index contributed by atoms with van der Waals surface area (Å²) in [5, 5.41) is 0. The number of hydrogen-bond acceptors (Lipinski definition) is 3. The smallest absolute Gasteiger partial charge is 0.336 e. The van der Waals surface area contributed by atoms with Crippen molar-refractivity contribution in [2.24, 2.45) is 0 Å². The molecule has 0 spiro atoms. The largest absolute Gasteiger partial charge is 0.470 e. The summed E-state index contributed by atoms with van der Waals surface area (Å²) >= 11 is 0. The van der Waals surface area contributed by atoms with Crippen molar-refractivity contribution in [2.75, 3.05) is 0 Å². The predicted molar refractivity (Wildman–Crippen MR) is 64.3 cm³/mol. The van der Waals surface area contributed by atoms with E-state index >= 15 is 0 Å². The highest BCUT2D eigenvalue weighted by Crippen LogP contribution is 2.49. The molecule has 6 nitrogen and oxygen atoms in total. The zero-order valence-corrected chi connectivity index (χ0v) is 14.8. The second kappa shape index (κ2) is 8.13. The molecule has 0 aliphatic heterocycles. The Morgan fingerprint density at radius 1 is 0.469 bits per heavy atom. The molecule has 0 aliphatic rings.